The number of guanidine groups is 1. The largest absolute Gasteiger partial charge is 0.378 e. The van der Waals surface area contributed by atoms with Crippen molar-refractivity contribution in [3.8, 4) is 0 Å². The summed E-state index contributed by atoms with van der Waals surface area (Å²) in [6.45, 7) is 11.1. The first-order valence-corrected chi connectivity index (χ1v) is 11.7. The van der Waals surface area contributed by atoms with E-state index in [2.05, 4.69) is 22.5 Å². The molecule has 0 radical (unpaired) electrons. The molecule has 1 spiro atoms. The van der Waals surface area contributed by atoms with Crippen molar-refractivity contribution < 1.29 is 13.2 Å². The van der Waals surface area contributed by atoms with Crippen LogP contribution in [0.5, 0.6) is 0 Å². The van der Waals surface area contributed by atoms with Gasteiger partial charge in [-0.25, -0.2) is 8.42 Å². The van der Waals surface area contributed by atoms with E-state index in [4.69, 9.17) is 4.74 Å². The maximum absolute atomic E-state index is 12.3. The zero-order chi connectivity index (χ0) is 19.4. The van der Waals surface area contributed by atoms with E-state index in [0.717, 1.165) is 25.5 Å². The molecule has 0 heterocycles. The van der Waals surface area contributed by atoms with Crippen molar-refractivity contribution >= 4 is 15.8 Å². The Labute approximate surface area is 159 Å². The molecule has 26 heavy (non-hydrogen) atoms. The number of nitrogens with zero attached hydrogens (tertiary/aromatic N) is 1. The van der Waals surface area contributed by atoms with Crippen LogP contribution >= 0.6 is 0 Å². The van der Waals surface area contributed by atoms with E-state index in [1.807, 2.05) is 6.92 Å². The highest BCUT2D eigenvalue weighted by Crippen LogP contribution is 2.54. The molecule has 2 atom stereocenters. The minimum absolute atomic E-state index is 0.0739. The lowest BCUT2D eigenvalue weighted by Crippen LogP contribution is -2.65. The van der Waals surface area contributed by atoms with Gasteiger partial charge in [-0.2, -0.15) is 0 Å². The first kappa shape index (κ1) is 21.5. The van der Waals surface area contributed by atoms with Crippen molar-refractivity contribution in [2.45, 2.75) is 83.6 Å². The topological polar surface area (TPSA) is 79.8 Å². The van der Waals surface area contributed by atoms with Crippen molar-refractivity contribution in [1.29, 1.82) is 0 Å². The Bertz CT molecular complexity index is 590. The van der Waals surface area contributed by atoms with Crippen LogP contribution in [0.25, 0.3) is 0 Å². The fraction of sp³-hybridized carbons (Fsp3) is 0.947. The van der Waals surface area contributed by atoms with E-state index in [-0.39, 0.29) is 17.7 Å². The molecule has 2 fully saturated rings. The van der Waals surface area contributed by atoms with Gasteiger partial charge in [-0.05, 0) is 53.9 Å². The van der Waals surface area contributed by atoms with Crippen molar-refractivity contribution in [2.24, 2.45) is 10.4 Å². The molecule has 0 aromatic heterocycles. The van der Waals surface area contributed by atoms with Crippen LogP contribution in [-0.2, 0) is 14.6 Å². The second-order valence-electron chi connectivity index (χ2n) is 8.51. The van der Waals surface area contributed by atoms with E-state index >= 15 is 0 Å². The Morgan fingerprint density at radius 3 is 2.42 bits per heavy atom. The zero-order valence-electron chi connectivity index (χ0n) is 17.1. The second kappa shape index (κ2) is 8.46. The highest BCUT2D eigenvalue weighted by Gasteiger charge is 2.56. The van der Waals surface area contributed by atoms with Crippen LogP contribution in [0, 0.1) is 5.41 Å². The summed E-state index contributed by atoms with van der Waals surface area (Å²) < 4.78 is 29.8. The first-order chi connectivity index (χ1) is 12.2. The van der Waals surface area contributed by atoms with Gasteiger partial charge in [0.15, 0.2) is 15.8 Å². The third kappa shape index (κ3) is 4.53. The molecule has 0 aromatic rings. The summed E-state index contributed by atoms with van der Waals surface area (Å²) >= 11 is 0. The molecular weight excluding hydrogens is 350 g/mol. The lowest BCUT2D eigenvalue weighted by atomic mass is 9.60. The Morgan fingerprint density at radius 2 is 1.88 bits per heavy atom. The van der Waals surface area contributed by atoms with Crippen LogP contribution in [-0.4, -0.2) is 56.7 Å². The van der Waals surface area contributed by atoms with Crippen molar-refractivity contribution in [3.05, 3.63) is 0 Å². The van der Waals surface area contributed by atoms with Crippen molar-refractivity contribution in [2.75, 3.05) is 25.4 Å². The fourth-order valence-electron chi connectivity index (χ4n) is 4.16. The van der Waals surface area contributed by atoms with Gasteiger partial charge in [0.1, 0.15) is 0 Å². The van der Waals surface area contributed by atoms with Gasteiger partial charge < -0.3 is 15.4 Å². The van der Waals surface area contributed by atoms with E-state index in [0.29, 0.717) is 12.1 Å². The third-order valence-corrected chi connectivity index (χ3v) is 8.49. The number of rotatable bonds is 7. The van der Waals surface area contributed by atoms with Crippen LogP contribution < -0.4 is 10.6 Å². The average molecular weight is 388 g/mol. The number of hydrogen-bond donors (Lipinski definition) is 2. The molecule has 2 N–H and O–H groups in total. The molecule has 2 rings (SSSR count). The summed E-state index contributed by atoms with van der Waals surface area (Å²) in [6.07, 6.45) is 6.27. The maximum Gasteiger partial charge on any atom is 0.191 e. The molecule has 2 unspecified atom stereocenters. The van der Waals surface area contributed by atoms with Gasteiger partial charge in [-0.3, -0.25) is 4.99 Å². The average Bonchev–Trinajstić information content (AvgIpc) is 3.05. The second-order valence-corrected chi connectivity index (χ2v) is 11.4. The molecule has 7 heteroatoms. The lowest BCUT2D eigenvalue weighted by Gasteiger charge is -2.54. The van der Waals surface area contributed by atoms with Gasteiger partial charge in [0, 0.05) is 24.6 Å². The van der Waals surface area contributed by atoms with Gasteiger partial charge in [-0.15, -0.1) is 0 Å². The molecule has 0 saturated heterocycles. The smallest absolute Gasteiger partial charge is 0.191 e. The molecule has 0 amide bonds. The van der Waals surface area contributed by atoms with E-state index in [1.165, 1.54) is 25.7 Å². The minimum Gasteiger partial charge on any atom is -0.378 e. The molecule has 6 nitrogen and oxygen atoms in total. The summed E-state index contributed by atoms with van der Waals surface area (Å²) in [7, 11) is -3.15. The predicted molar refractivity (Wildman–Crippen MR) is 107 cm³/mol. The Kier molecular flexibility index (Phi) is 6.99. The Balaban J connectivity index is 2.00. The van der Waals surface area contributed by atoms with Gasteiger partial charge in [-0.1, -0.05) is 12.8 Å². The van der Waals surface area contributed by atoms with Crippen LogP contribution in [0.1, 0.15) is 66.7 Å². The third-order valence-electron chi connectivity index (χ3n) is 5.91. The van der Waals surface area contributed by atoms with Crippen molar-refractivity contribution in [1.82, 2.24) is 10.6 Å². The van der Waals surface area contributed by atoms with Crippen LogP contribution in [0.4, 0.5) is 0 Å². The highest BCUT2D eigenvalue weighted by molar-refractivity contribution is 7.92. The lowest BCUT2D eigenvalue weighted by molar-refractivity contribution is -0.125. The SMILES string of the molecule is CCNC(=NCCS(=O)(=O)C(C)(C)C)NC1CC(OCC)C12CCCC2. The monoisotopic (exact) mass is 387 g/mol. The quantitative estimate of drug-likeness (QED) is 0.518. The van der Waals surface area contributed by atoms with Gasteiger partial charge in [0.2, 0.25) is 0 Å². The Morgan fingerprint density at radius 1 is 1.23 bits per heavy atom. The van der Waals surface area contributed by atoms with Crippen LogP contribution in [0.15, 0.2) is 4.99 Å². The molecule has 2 aliphatic carbocycles. The first-order valence-electron chi connectivity index (χ1n) is 10.0. The van der Waals surface area contributed by atoms with Crippen LogP contribution in [0.3, 0.4) is 0 Å². The number of hydrogen-bond acceptors (Lipinski definition) is 4. The van der Waals surface area contributed by atoms with E-state index < -0.39 is 14.6 Å². The summed E-state index contributed by atoms with van der Waals surface area (Å²) in [5.74, 6) is 0.799. The van der Waals surface area contributed by atoms with E-state index in [9.17, 15) is 8.42 Å². The molecule has 0 aromatic carbocycles. The molecule has 0 bridgehead atoms. The maximum atomic E-state index is 12.3. The summed E-state index contributed by atoms with van der Waals surface area (Å²) in [5.41, 5.74) is 0.226. The fourth-order valence-corrected chi connectivity index (χ4v) is 5.10. The summed E-state index contributed by atoms with van der Waals surface area (Å²) in [5, 5.41) is 6.83. The number of ether oxygens (including phenoxy) is 1. The molecular formula is C19H37N3O3S. The zero-order valence-corrected chi connectivity index (χ0v) is 17.9. The normalized spacial score (nSPS) is 26.0. The Hall–Kier alpha value is -0.820. The van der Waals surface area contributed by atoms with E-state index in [1.54, 1.807) is 20.8 Å². The van der Waals surface area contributed by atoms with Gasteiger partial charge in [0.25, 0.3) is 0 Å². The molecule has 2 aliphatic rings. The highest BCUT2D eigenvalue weighted by atomic mass is 32.2. The van der Waals surface area contributed by atoms with Gasteiger partial charge >= 0.3 is 0 Å². The molecule has 152 valence electrons. The predicted octanol–water partition coefficient (Wildman–Crippen LogP) is 2.49. The number of aliphatic imine (C=N–C) groups is 1. The van der Waals surface area contributed by atoms with Crippen LogP contribution in [0.2, 0.25) is 0 Å². The summed E-state index contributed by atoms with van der Waals surface area (Å²) in [4.78, 5) is 4.53. The standard InChI is InChI=1S/C19H37N3O3S/c1-6-20-17(21-12-13-26(23,24)18(3,4)5)22-15-14-16(25-7-2)19(15)10-8-9-11-19/h15-16H,6-14H2,1-5H3,(H2,20,21,22). The molecule has 2 saturated carbocycles. The van der Waals surface area contributed by atoms with Crippen molar-refractivity contribution in [3.63, 3.8) is 0 Å². The number of nitrogens with one attached hydrogen (secondary N) is 2. The van der Waals surface area contributed by atoms with Gasteiger partial charge in [0.05, 0.1) is 23.1 Å². The molecule has 0 aliphatic heterocycles. The minimum atomic E-state index is -3.15. The number of sulfone groups is 1. The summed E-state index contributed by atoms with van der Waals surface area (Å²) in [6, 6.07) is 0.360.